The van der Waals surface area contributed by atoms with Crippen LogP contribution in [-0.2, 0) is 9.59 Å². The van der Waals surface area contributed by atoms with Crippen LogP contribution in [-0.4, -0.2) is 23.2 Å². The number of hydrogen-bond acceptors (Lipinski definition) is 4. The average Bonchev–Trinajstić information content (AvgIpc) is 3.03. The average molecular weight is 370 g/mol. The van der Waals surface area contributed by atoms with E-state index in [0.29, 0.717) is 11.1 Å². The van der Waals surface area contributed by atoms with Crippen LogP contribution in [0.5, 0.6) is 0 Å². The maximum absolute atomic E-state index is 14.1. The van der Waals surface area contributed by atoms with Crippen LogP contribution < -0.4 is 9.80 Å². The van der Waals surface area contributed by atoms with Crippen LogP contribution in [0.2, 0.25) is 0 Å². The molecule has 4 rings (SSSR count). The minimum Gasteiger partial charge on any atom is -0.311 e. The SMILES string of the molecule is CN1C(=O)/C(=C2\SC(=S)N(c3ccccc3F)C2=O)c2ccccc21. The molecule has 0 bridgehead atoms. The van der Waals surface area contributed by atoms with Crippen molar-refractivity contribution in [2.75, 3.05) is 16.8 Å². The van der Waals surface area contributed by atoms with E-state index in [1.165, 1.54) is 17.0 Å². The molecule has 2 heterocycles. The van der Waals surface area contributed by atoms with Crippen molar-refractivity contribution in [3.63, 3.8) is 0 Å². The van der Waals surface area contributed by atoms with Gasteiger partial charge in [0.25, 0.3) is 11.8 Å². The lowest BCUT2D eigenvalue weighted by molar-refractivity contribution is -0.115. The van der Waals surface area contributed by atoms with Gasteiger partial charge in [-0.15, -0.1) is 0 Å². The maximum Gasteiger partial charge on any atom is 0.271 e. The van der Waals surface area contributed by atoms with Crippen molar-refractivity contribution in [2.45, 2.75) is 0 Å². The highest BCUT2D eigenvalue weighted by molar-refractivity contribution is 8.27. The van der Waals surface area contributed by atoms with Gasteiger partial charge in [-0.1, -0.05) is 54.3 Å². The van der Waals surface area contributed by atoms with Crippen LogP contribution in [0.1, 0.15) is 5.56 Å². The fraction of sp³-hybridized carbons (Fsp3) is 0.0556. The smallest absolute Gasteiger partial charge is 0.271 e. The Balaban J connectivity index is 1.87. The highest BCUT2D eigenvalue weighted by atomic mass is 32.2. The zero-order valence-corrected chi connectivity index (χ0v) is 14.7. The monoisotopic (exact) mass is 370 g/mol. The number of carbonyl (C=O) groups is 2. The van der Waals surface area contributed by atoms with Crippen LogP contribution >= 0.6 is 24.0 Å². The zero-order chi connectivity index (χ0) is 17.7. The third-order valence-electron chi connectivity index (χ3n) is 4.14. The Morgan fingerprint density at radius 3 is 2.32 bits per heavy atom. The summed E-state index contributed by atoms with van der Waals surface area (Å²) in [4.78, 5) is 28.5. The Hall–Kier alpha value is -2.51. The quantitative estimate of drug-likeness (QED) is 0.568. The van der Waals surface area contributed by atoms with E-state index in [4.69, 9.17) is 12.2 Å². The summed E-state index contributed by atoms with van der Waals surface area (Å²) in [6.45, 7) is 0. The minimum absolute atomic E-state index is 0.0904. The molecule has 0 atom stereocenters. The number of likely N-dealkylation sites (N-methyl/N-ethyl adjacent to an activating group) is 1. The summed E-state index contributed by atoms with van der Waals surface area (Å²) in [5.74, 6) is -1.29. The molecule has 2 amide bonds. The number of hydrogen-bond donors (Lipinski definition) is 0. The molecule has 0 unspecified atom stereocenters. The van der Waals surface area contributed by atoms with Crippen molar-refractivity contribution in [3.05, 3.63) is 64.8 Å². The van der Waals surface area contributed by atoms with E-state index in [-0.39, 0.29) is 20.8 Å². The molecule has 2 aliphatic heterocycles. The minimum atomic E-state index is -0.541. The fourth-order valence-corrected chi connectivity index (χ4v) is 4.31. The van der Waals surface area contributed by atoms with Crippen molar-refractivity contribution >= 4 is 57.1 Å². The first-order valence-electron chi connectivity index (χ1n) is 7.43. The molecule has 2 aromatic carbocycles. The molecule has 0 aliphatic carbocycles. The molecule has 4 nitrogen and oxygen atoms in total. The number of benzene rings is 2. The van der Waals surface area contributed by atoms with Gasteiger partial charge in [-0.05, 0) is 18.2 Å². The molecule has 1 saturated heterocycles. The van der Waals surface area contributed by atoms with Gasteiger partial charge in [0.05, 0.1) is 21.9 Å². The van der Waals surface area contributed by atoms with Crippen molar-refractivity contribution in [1.29, 1.82) is 0 Å². The van der Waals surface area contributed by atoms with Gasteiger partial charge >= 0.3 is 0 Å². The van der Waals surface area contributed by atoms with E-state index in [1.807, 2.05) is 18.2 Å². The number of halogens is 1. The number of anilines is 2. The highest BCUT2D eigenvalue weighted by Gasteiger charge is 2.42. The number of thiocarbonyl (C=S) groups is 1. The van der Waals surface area contributed by atoms with Crippen LogP contribution in [0.25, 0.3) is 5.57 Å². The largest absolute Gasteiger partial charge is 0.311 e. The van der Waals surface area contributed by atoms with Gasteiger partial charge < -0.3 is 4.90 Å². The van der Waals surface area contributed by atoms with E-state index < -0.39 is 11.7 Å². The van der Waals surface area contributed by atoms with Crippen molar-refractivity contribution in [1.82, 2.24) is 0 Å². The number of rotatable bonds is 1. The van der Waals surface area contributed by atoms with E-state index in [2.05, 4.69) is 0 Å². The molecule has 1 fully saturated rings. The summed E-state index contributed by atoms with van der Waals surface area (Å²) in [6.07, 6.45) is 0. The molecule has 124 valence electrons. The lowest BCUT2D eigenvalue weighted by atomic mass is 10.1. The number of nitrogens with zero attached hydrogens (tertiary/aromatic N) is 2. The van der Waals surface area contributed by atoms with E-state index >= 15 is 0 Å². The fourth-order valence-electron chi connectivity index (χ4n) is 2.95. The Morgan fingerprint density at radius 2 is 1.60 bits per heavy atom. The van der Waals surface area contributed by atoms with Gasteiger partial charge in [-0.3, -0.25) is 14.5 Å². The summed E-state index contributed by atoms with van der Waals surface area (Å²) in [5, 5.41) is 0. The van der Waals surface area contributed by atoms with Crippen molar-refractivity contribution in [2.24, 2.45) is 0 Å². The standard InChI is InChI=1S/C18H11FN2O2S2/c1-20-12-8-4-2-6-10(12)14(16(20)22)15-17(23)21(18(24)25-15)13-9-5-3-7-11(13)19/h2-9H,1H3/b15-14-. The molecular weight excluding hydrogens is 359 g/mol. The summed E-state index contributed by atoms with van der Waals surface area (Å²) >= 11 is 6.31. The van der Waals surface area contributed by atoms with Crippen LogP contribution in [0.15, 0.2) is 53.4 Å². The lowest BCUT2D eigenvalue weighted by Crippen LogP contribution is -2.29. The third kappa shape index (κ3) is 2.31. The third-order valence-corrected chi connectivity index (χ3v) is 5.52. The topological polar surface area (TPSA) is 40.6 Å². The summed E-state index contributed by atoms with van der Waals surface area (Å²) in [7, 11) is 1.66. The predicted octanol–water partition coefficient (Wildman–Crippen LogP) is 3.58. The second-order valence-corrected chi connectivity index (χ2v) is 7.19. The predicted molar refractivity (Wildman–Crippen MR) is 101 cm³/mol. The molecule has 0 saturated carbocycles. The molecule has 7 heteroatoms. The number of fused-ring (bicyclic) bond motifs is 1. The first kappa shape index (κ1) is 16.0. The van der Waals surface area contributed by atoms with Gasteiger partial charge in [-0.25, -0.2) is 4.39 Å². The number of amides is 2. The molecular formula is C18H11FN2O2S2. The Kier molecular flexibility index (Phi) is 3.70. The van der Waals surface area contributed by atoms with E-state index in [1.54, 1.807) is 25.2 Å². The van der Waals surface area contributed by atoms with E-state index in [0.717, 1.165) is 22.3 Å². The molecule has 2 aromatic rings. The number of carbonyl (C=O) groups excluding carboxylic acids is 2. The Labute approximate surface area is 152 Å². The van der Waals surface area contributed by atoms with Crippen molar-refractivity contribution < 1.29 is 14.0 Å². The lowest BCUT2D eigenvalue weighted by Gasteiger charge is -2.15. The summed E-state index contributed by atoms with van der Waals surface area (Å²) < 4.78 is 14.3. The number of thioether (sulfide) groups is 1. The van der Waals surface area contributed by atoms with E-state index in [9.17, 15) is 14.0 Å². The van der Waals surface area contributed by atoms with Gasteiger partial charge in [0.15, 0.2) is 4.32 Å². The summed E-state index contributed by atoms with van der Waals surface area (Å²) in [6, 6.07) is 13.2. The van der Waals surface area contributed by atoms with Gasteiger partial charge in [0.1, 0.15) is 5.82 Å². The summed E-state index contributed by atoms with van der Waals surface area (Å²) in [5.41, 5.74) is 1.82. The van der Waals surface area contributed by atoms with Gasteiger partial charge in [-0.2, -0.15) is 0 Å². The molecule has 0 radical (unpaired) electrons. The van der Waals surface area contributed by atoms with Crippen LogP contribution in [0, 0.1) is 5.82 Å². The molecule has 0 aromatic heterocycles. The second-order valence-electron chi connectivity index (χ2n) is 5.55. The Morgan fingerprint density at radius 1 is 0.960 bits per heavy atom. The first-order valence-corrected chi connectivity index (χ1v) is 8.65. The second kappa shape index (κ2) is 5.79. The Bertz CT molecular complexity index is 987. The molecule has 0 spiro atoms. The molecule has 25 heavy (non-hydrogen) atoms. The van der Waals surface area contributed by atoms with Crippen molar-refractivity contribution in [3.8, 4) is 0 Å². The molecule has 2 aliphatic rings. The maximum atomic E-state index is 14.1. The van der Waals surface area contributed by atoms with Gasteiger partial charge in [0, 0.05) is 12.6 Å². The molecule has 0 N–H and O–H groups in total. The van der Waals surface area contributed by atoms with Gasteiger partial charge in [0.2, 0.25) is 0 Å². The first-order chi connectivity index (χ1) is 12.0. The number of para-hydroxylation sites is 2. The van der Waals surface area contributed by atoms with Crippen LogP contribution in [0.3, 0.4) is 0 Å². The van der Waals surface area contributed by atoms with Crippen LogP contribution in [0.4, 0.5) is 15.8 Å². The normalized spacial score (nSPS) is 19.8. The zero-order valence-electron chi connectivity index (χ0n) is 13.0. The highest BCUT2D eigenvalue weighted by Crippen LogP contribution is 2.45.